The Labute approximate surface area is 189 Å². The van der Waals surface area contributed by atoms with Crippen molar-refractivity contribution < 1.29 is 0 Å². The highest BCUT2D eigenvalue weighted by Gasteiger charge is 2.37. The van der Waals surface area contributed by atoms with E-state index in [2.05, 4.69) is 128 Å². The van der Waals surface area contributed by atoms with Gasteiger partial charge in [-0.15, -0.1) is 0 Å². The van der Waals surface area contributed by atoms with Gasteiger partial charge in [0.2, 0.25) is 0 Å². The maximum absolute atomic E-state index is 3.81. The second kappa shape index (κ2) is 7.10. The molecule has 0 saturated heterocycles. The van der Waals surface area contributed by atoms with E-state index in [9.17, 15) is 0 Å². The molecule has 0 saturated carbocycles. The smallest absolute Gasteiger partial charge is 0.0463 e. The lowest BCUT2D eigenvalue weighted by atomic mass is 9.81. The topological polar surface area (TPSA) is 12.0 Å². The minimum absolute atomic E-state index is 0.0482. The normalized spacial score (nSPS) is 13.6. The Kier molecular flexibility index (Phi) is 4.19. The summed E-state index contributed by atoms with van der Waals surface area (Å²) in [5, 5.41) is 6.34. The van der Waals surface area contributed by atoms with Crippen LogP contribution in [0.3, 0.4) is 0 Å². The molecular formula is C31H25N. The number of fused-ring (bicyclic) bond motifs is 4. The zero-order valence-corrected chi connectivity index (χ0v) is 18.4. The molecule has 0 atom stereocenters. The van der Waals surface area contributed by atoms with E-state index in [-0.39, 0.29) is 5.41 Å². The molecule has 5 aromatic carbocycles. The van der Waals surface area contributed by atoms with Crippen molar-refractivity contribution in [3.05, 3.63) is 120 Å². The zero-order chi connectivity index (χ0) is 21.7. The number of anilines is 2. The van der Waals surface area contributed by atoms with Gasteiger partial charge in [0, 0.05) is 22.4 Å². The van der Waals surface area contributed by atoms with E-state index in [1.54, 1.807) is 0 Å². The van der Waals surface area contributed by atoms with Gasteiger partial charge in [-0.3, -0.25) is 0 Å². The Morgan fingerprint density at radius 3 is 2.06 bits per heavy atom. The van der Waals surface area contributed by atoms with Gasteiger partial charge in [0.15, 0.2) is 0 Å². The van der Waals surface area contributed by atoms with Gasteiger partial charge >= 0.3 is 0 Å². The number of rotatable bonds is 3. The number of para-hydroxylation sites is 1. The Morgan fingerprint density at radius 1 is 0.531 bits per heavy atom. The monoisotopic (exact) mass is 411 g/mol. The highest BCUT2D eigenvalue weighted by Crippen LogP contribution is 2.52. The zero-order valence-electron chi connectivity index (χ0n) is 18.4. The van der Waals surface area contributed by atoms with Crippen molar-refractivity contribution >= 4 is 22.1 Å². The summed E-state index contributed by atoms with van der Waals surface area (Å²) in [7, 11) is 0. The van der Waals surface area contributed by atoms with E-state index in [1.807, 2.05) is 0 Å². The van der Waals surface area contributed by atoms with Gasteiger partial charge in [-0.25, -0.2) is 0 Å². The van der Waals surface area contributed by atoms with Crippen molar-refractivity contribution in [1.29, 1.82) is 0 Å². The van der Waals surface area contributed by atoms with E-state index in [4.69, 9.17) is 0 Å². The predicted molar refractivity (Wildman–Crippen MR) is 137 cm³/mol. The third kappa shape index (κ3) is 2.85. The van der Waals surface area contributed by atoms with E-state index >= 15 is 0 Å². The molecule has 5 aromatic rings. The largest absolute Gasteiger partial charge is 0.355 e. The Morgan fingerprint density at radius 2 is 1.19 bits per heavy atom. The maximum atomic E-state index is 3.81. The van der Waals surface area contributed by atoms with E-state index in [0.29, 0.717) is 0 Å². The third-order valence-electron chi connectivity index (χ3n) is 6.84. The number of hydrogen-bond acceptors (Lipinski definition) is 1. The summed E-state index contributed by atoms with van der Waals surface area (Å²) in [4.78, 5) is 0. The first kappa shape index (κ1) is 18.9. The first-order valence-electron chi connectivity index (χ1n) is 11.2. The fourth-order valence-corrected chi connectivity index (χ4v) is 5.30. The lowest BCUT2D eigenvalue weighted by molar-refractivity contribution is 0.662. The Hall–Kier alpha value is -3.84. The first-order chi connectivity index (χ1) is 15.6. The van der Waals surface area contributed by atoms with Gasteiger partial charge in [-0.05, 0) is 56.8 Å². The molecule has 0 bridgehead atoms. The molecule has 1 aliphatic rings. The van der Waals surface area contributed by atoms with Crippen LogP contribution >= 0.6 is 0 Å². The van der Waals surface area contributed by atoms with Crippen molar-refractivity contribution in [1.82, 2.24) is 0 Å². The highest BCUT2D eigenvalue weighted by atomic mass is 14.9. The molecular weight excluding hydrogens is 386 g/mol. The molecule has 0 spiro atoms. The van der Waals surface area contributed by atoms with E-state index in [0.717, 1.165) is 5.69 Å². The van der Waals surface area contributed by atoms with Crippen LogP contribution in [0.25, 0.3) is 33.0 Å². The molecule has 0 aliphatic heterocycles. The lowest BCUT2D eigenvalue weighted by Gasteiger charge is -2.25. The molecule has 0 amide bonds. The molecule has 6 rings (SSSR count). The van der Waals surface area contributed by atoms with Crippen molar-refractivity contribution in [2.24, 2.45) is 0 Å². The standard InChI is InChI=1S/C31H25N/c1-31(2)27-15-7-5-13-25(27)26-14-9-17-29(30(26)31)32-28-16-8-6-12-24(28)23-19-18-21-10-3-4-11-22(21)20-23/h3-20,32H,1-2H3. The second-order valence-electron chi connectivity index (χ2n) is 9.13. The van der Waals surface area contributed by atoms with Crippen LogP contribution in [0.4, 0.5) is 11.4 Å². The van der Waals surface area contributed by atoms with E-state index < -0.39 is 0 Å². The average Bonchev–Trinajstić information content (AvgIpc) is 3.07. The van der Waals surface area contributed by atoms with Crippen LogP contribution in [0.1, 0.15) is 25.0 Å². The highest BCUT2D eigenvalue weighted by molar-refractivity contribution is 5.92. The van der Waals surface area contributed by atoms with Gasteiger partial charge in [0.1, 0.15) is 0 Å². The summed E-state index contributed by atoms with van der Waals surface area (Å²) in [6.45, 7) is 4.66. The number of nitrogens with one attached hydrogen (secondary N) is 1. The quantitative estimate of drug-likeness (QED) is 0.313. The molecule has 0 fully saturated rings. The van der Waals surface area contributed by atoms with Crippen molar-refractivity contribution in [3.63, 3.8) is 0 Å². The van der Waals surface area contributed by atoms with Crippen LogP contribution < -0.4 is 5.32 Å². The molecule has 0 radical (unpaired) electrons. The molecule has 1 heteroatoms. The fourth-order valence-electron chi connectivity index (χ4n) is 5.30. The summed E-state index contributed by atoms with van der Waals surface area (Å²) in [6.07, 6.45) is 0. The summed E-state index contributed by atoms with van der Waals surface area (Å²) < 4.78 is 0. The minimum Gasteiger partial charge on any atom is -0.355 e. The van der Waals surface area contributed by atoms with Gasteiger partial charge in [0.25, 0.3) is 0 Å². The van der Waals surface area contributed by atoms with Gasteiger partial charge in [-0.2, -0.15) is 0 Å². The number of hydrogen-bond donors (Lipinski definition) is 1. The first-order valence-corrected chi connectivity index (χ1v) is 11.2. The molecule has 154 valence electrons. The van der Waals surface area contributed by atoms with Crippen molar-refractivity contribution in [3.8, 4) is 22.3 Å². The Bertz CT molecular complexity index is 1480. The minimum atomic E-state index is -0.0482. The van der Waals surface area contributed by atoms with Crippen LogP contribution in [0.2, 0.25) is 0 Å². The summed E-state index contributed by atoms with van der Waals surface area (Å²) in [5.74, 6) is 0. The van der Waals surface area contributed by atoms with Gasteiger partial charge < -0.3 is 5.32 Å². The molecule has 0 unspecified atom stereocenters. The molecule has 0 heterocycles. The fraction of sp³-hybridized carbons (Fsp3) is 0.0968. The van der Waals surface area contributed by atoms with Gasteiger partial charge in [0.05, 0.1) is 0 Å². The molecule has 1 aliphatic carbocycles. The summed E-state index contributed by atoms with van der Waals surface area (Å²) in [5.41, 5.74) is 10.1. The van der Waals surface area contributed by atoms with Crippen molar-refractivity contribution in [2.75, 3.05) is 5.32 Å². The van der Waals surface area contributed by atoms with Crippen LogP contribution in [-0.4, -0.2) is 0 Å². The molecule has 1 nitrogen and oxygen atoms in total. The van der Waals surface area contributed by atoms with Crippen LogP contribution in [0.15, 0.2) is 109 Å². The Balaban J connectivity index is 1.47. The molecule has 0 aromatic heterocycles. The van der Waals surface area contributed by atoms with E-state index in [1.165, 1.54) is 49.8 Å². The summed E-state index contributed by atoms with van der Waals surface area (Å²) in [6, 6.07) is 39.3. The molecule has 32 heavy (non-hydrogen) atoms. The third-order valence-corrected chi connectivity index (χ3v) is 6.84. The number of benzene rings is 5. The van der Waals surface area contributed by atoms with Gasteiger partial charge in [-0.1, -0.05) is 105 Å². The lowest BCUT2D eigenvalue weighted by Crippen LogP contribution is -2.16. The molecule has 1 N–H and O–H groups in total. The predicted octanol–water partition coefficient (Wildman–Crippen LogP) is 8.56. The van der Waals surface area contributed by atoms with Crippen LogP contribution in [0.5, 0.6) is 0 Å². The second-order valence-corrected chi connectivity index (χ2v) is 9.13. The van der Waals surface area contributed by atoms with Crippen molar-refractivity contribution in [2.45, 2.75) is 19.3 Å². The van der Waals surface area contributed by atoms with Crippen LogP contribution in [0, 0.1) is 0 Å². The SMILES string of the molecule is CC1(C)c2ccccc2-c2cccc(Nc3ccccc3-c3ccc4ccccc4c3)c21. The average molecular weight is 412 g/mol. The summed E-state index contributed by atoms with van der Waals surface area (Å²) >= 11 is 0. The van der Waals surface area contributed by atoms with Crippen LogP contribution in [-0.2, 0) is 5.41 Å². The maximum Gasteiger partial charge on any atom is 0.0463 e.